The molecule has 0 heterocycles. The molecule has 0 unspecified atom stereocenters. The topological polar surface area (TPSA) is 46.5 Å². The predicted molar refractivity (Wildman–Crippen MR) is 73.3 cm³/mol. The zero-order valence-electron chi connectivity index (χ0n) is 10.8. The highest BCUT2D eigenvalue weighted by Gasteiger charge is 2.08. The number of hydrogen-bond donors (Lipinski definition) is 1. The van der Waals surface area contributed by atoms with Gasteiger partial charge < -0.3 is 9.84 Å². The van der Waals surface area contributed by atoms with Crippen molar-refractivity contribution >= 4 is 5.97 Å². The molecule has 1 N–H and O–H groups in total. The molecule has 0 aromatic heterocycles. The minimum absolute atomic E-state index is 0.0234. The number of carbonyl (C=O) groups is 1. The molecule has 2 aromatic carbocycles. The van der Waals surface area contributed by atoms with Crippen LogP contribution in [-0.4, -0.2) is 11.1 Å². The maximum absolute atomic E-state index is 10.8. The molecular formula is C16H16O3. The maximum Gasteiger partial charge on any atom is 0.307 e. The molecule has 0 aliphatic rings. The quantitative estimate of drug-likeness (QED) is 0.893. The van der Waals surface area contributed by atoms with Crippen molar-refractivity contribution in [2.75, 3.05) is 0 Å². The normalized spacial score (nSPS) is 10.2. The van der Waals surface area contributed by atoms with Crippen LogP contribution in [0.15, 0.2) is 48.5 Å². The minimum Gasteiger partial charge on any atom is -0.489 e. The van der Waals surface area contributed by atoms with Crippen molar-refractivity contribution < 1.29 is 14.6 Å². The fourth-order valence-electron chi connectivity index (χ4n) is 1.84. The Morgan fingerprint density at radius 3 is 2.58 bits per heavy atom. The van der Waals surface area contributed by atoms with E-state index in [1.165, 1.54) is 0 Å². The molecule has 19 heavy (non-hydrogen) atoms. The summed E-state index contributed by atoms with van der Waals surface area (Å²) < 4.78 is 5.74. The summed E-state index contributed by atoms with van der Waals surface area (Å²) in [7, 11) is 0. The lowest BCUT2D eigenvalue weighted by Gasteiger charge is -2.11. The molecule has 0 aliphatic heterocycles. The van der Waals surface area contributed by atoms with Crippen LogP contribution in [0.4, 0.5) is 0 Å². The Hall–Kier alpha value is -2.29. The van der Waals surface area contributed by atoms with Gasteiger partial charge in [-0.1, -0.05) is 42.5 Å². The van der Waals surface area contributed by atoms with Crippen LogP contribution >= 0.6 is 0 Å². The third-order valence-electron chi connectivity index (χ3n) is 2.80. The Labute approximate surface area is 112 Å². The van der Waals surface area contributed by atoms with E-state index in [-0.39, 0.29) is 6.42 Å². The van der Waals surface area contributed by atoms with Crippen molar-refractivity contribution in [1.29, 1.82) is 0 Å². The van der Waals surface area contributed by atoms with Crippen LogP contribution in [-0.2, 0) is 17.8 Å². The molecule has 0 spiro atoms. The first-order chi connectivity index (χ1) is 9.15. The van der Waals surface area contributed by atoms with Gasteiger partial charge in [-0.3, -0.25) is 4.79 Å². The van der Waals surface area contributed by atoms with Crippen LogP contribution < -0.4 is 4.74 Å². The maximum atomic E-state index is 10.8. The highest BCUT2D eigenvalue weighted by Crippen LogP contribution is 2.22. The van der Waals surface area contributed by atoms with Crippen LogP contribution in [0.25, 0.3) is 0 Å². The second-order valence-electron chi connectivity index (χ2n) is 4.46. The molecule has 3 nitrogen and oxygen atoms in total. The number of aliphatic carboxylic acids is 1. The van der Waals surface area contributed by atoms with Crippen molar-refractivity contribution in [3.8, 4) is 5.75 Å². The first-order valence-corrected chi connectivity index (χ1v) is 6.13. The Balaban J connectivity index is 2.14. The SMILES string of the molecule is Cc1ccc(CC(=O)O)c(OCc2ccccc2)c1. The van der Waals surface area contributed by atoms with Crippen molar-refractivity contribution in [2.24, 2.45) is 0 Å². The van der Waals surface area contributed by atoms with E-state index < -0.39 is 5.97 Å². The number of ether oxygens (including phenoxy) is 1. The van der Waals surface area contributed by atoms with Gasteiger partial charge in [0.2, 0.25) is 0 Å². The number of carboxylic acid groups (broad SMARTS) is 1. The average molecular weight is 256 g/mol. The molecule has 0 saturated heterocycles. The van der Waals surface area contributed by atoms with Crippen molar-refractivity contribution in [2.45, 2.75) is 20.0 Å². The van der Waals surface area contributed by atoms with E-state index in [2.05, 4.69) is 0 Å². The van der Waals surface area contributed by atoms with E-state index in [9.17, 15) is 4.79 Å². The van der Waals surface area contributed by atoms with E-state index in [1.807, 2.05) is 55.5 Å². The molecule has 2 aromatic rings. The third-order valence-corrected chi connectivity index (χ3v) is 2.80. The number of benzene rings is 2. The summed E-state index contributed by atoms with van der Waals surface area (Å²) in [4.78, 5) is 10.8. The van der Waals surface area contributed by atoms with Crippen molar-refractivity contribution in [1.82, 2.24) is 0 Å². The lowest BCUT2D eigenvalue weighted by atomic mass is 10.1. The fourth-order valence-corrected chi connectivity index (χ4v) is 1.84. The smallest absolute Gasteiger partial charge is 0.307 e. The lowest BCUT2D eigenvalue weighted by molar-refractivity contribution is -0.136. The summed E-state index contributed by atoms with van der Waals surface area (Å²) in [6.45, 7) is 2.40. The summed E-state index contributed by atoms with van der Waals surface area (Å²) >= 11 is 0. The van der Waals surface area contributed by atoms with Gasteiger partial charge in [0.05, 0.1) is 6.42 Å². The second kappa shape index (κ2) is 6.05. The highest BCUT2D eigenvalue weighted by molar-refractivity contribution is 5.71. The Kier molecular flexibility index (Phi) is 4.18. The minimum atomic E-state index is -0.853. The molecule has 98 valence electrons. The molecule has 0 atom stereocenters. The largest absolute Gasteiger partial charge is 0.489 e. The monoisotopic (exact) mass is 256 g/mol. The van der Waals surface area contributed by atoms with E-state index in [1.54, 1.807) is 0 Å². The van der Waals surface area contributed by atoms with Gasteiger partial charge in [-0.2, -0.15) is 0 Å². The van der Waals surface area contributed by atoms with Gasteiger partial charge in [-0.15, -0.1) is 0 Å². The fraction of sp³-hybridized carbons (Fsp3) is 0.188. The summed E-state index contributed by atoms with van der Waals surface area (Å²) in [5.74, 6) is -0.209. The van der Waals surface area contributed by atoms with Gasteiger partial charge in [-0.25, -0.2) is 0 Å². The van der Waals surface area contributed by atoms with Crippen LogP contribution in [0.5, 0.6) is 5.75 Å². The molecular weight excluding hydrogens is 240 g/mol. The van der Waals surface area contributed by atoms with Crippen LogP contribution in [0, 0.1) is 6.92 Å². The van der Waals surface area contributed by atoms with Crippen LogP contribution in [0.3, 0.4) is 0 Å². The van der Waals surface area contributed by atoms with Gasteiger partial charge in [0.1, 0.15) is 12.4 Å². The number of rotatable bonds is 5. The first kappa shape index (κ1) is 13.1. The number of aryl methyl sites for hydroxylation is 1. The van der Waals surface area contributed by atoms with Crippen LogP contribution in [0.2, 0.25) is 0 Å². The van der Waals surface area contributed by atoms with Crippen molar-refractivity contribution in [3.05, 3.63) is 65.2 Å². The molecule has 0 fully saturated rings. The Morgan fingerprint density at radius 2 is 1.89 bits per heavy atom. The lowest BCUT2D eigenvalue weighted by Crippen LogP contribution is -2.04. The van der Waals surface area contributed by atoms with E-state index in [0.717, 1.165) is 11.1 Å². The van der Waals surface area contributed by atoms with E-state index >= 15 is 0 Å². The van der Waals surface area contributed by atoms with Crippen molar-refractivity contribution in [3.63, 3.8) is 0 Å². The zero-order valence-corrected chi connectivity index (χ0v) is 10.8. The standard InChI is InChI=1S/C16H16O3/c1-12-7-8-14(10-16(17)18)15(9-12)19-11-13-5-3-2-4-6-13/h2-9H,10-11H2,1H3,(H,17,18). The van der Waals surface area contributed by atoms with Gasteiger partial charge in [0.25, 0.3) is 0 Å². The Bertz CT molecular complexity index is 561. The summed E-state index contributed by atoms with van der Waals surface area (Å²) in [6, 6.07) is 15.4. The highest BCUT2D eigenvalue weighted by atomic mass is 16.5. The van der Waals surface area contributed by atoms with Gasteiger partial charge in [0.15, 0.2) is 0 Å². The zero-order chi connectivity index (χ0) is 13.7. The molecule has 2 rings (SSSR count). The number of hydrogen-bond acceptors (Lipinski definition) is 2. The summed E-state index contributed by atoms with van der Waals surface area (Å²) in [5, 5.41) is 8.89. The molecule has 0 aliphatic carbocycles. The molecule has 0 bridgehead atoms. The second-order valence-corrected chi connectivity index (χ2v) is 4.46. The molecule has 3 heteroatoms. The van der Waals surface area contributed by atoms with E-state index in [4.69, 9.17) is 9.84 Å². The third kappa shape index (κ3) is 3.85. The summed E-state index contributed by atoms with van der Waals surface area (Å²) in [5.41, 5.74) is 2.82. The van der Waals surface area contributed by atoms with Crippen LogP contribution in [0.1, 0.15) is 16.7 Å². The average Bonchev–Trinajstić information content (AvgIpc) is 2.40. The summed E-state index contributed by atoms with van der Waals surface area (Å²) in [6.07, 6.45) is -0.0234. The molecule has 0 saturated carbocycles. The molecule has 0 amide bonds. The predicted octanol–water partition coefficient (Wildman–Crippen LogP) is 3.20. The Morgan fingerprint density at radius 1 is 1.16 bits per heavy atom. The number of carboxylic acids is 1. The van der Waals surface area contributed by atoms with E-state index in [0.29, 0.717) is 17.9 Å². The van der Waals surface area contributed by atoms with Gasteiger partial charge in [-0.05, 0) is 24.1 Å². The van der Waals surface area contributed by atoms with Gasteiger partial charge in [0, 0.05) is 5.56 Å². The van der Waals surface area contributed by atoms with Gasteiger partial charge >= 0.3 is 5.97 Å². The molecule has 0 radical (unpaired) electrons. The first-order valence-electron chi connectivity index (χ1n) is 6.13.